The monoisotopic (exact) mass is 445 g/mol. The van der Waals surface area contributed by atoms with Gasteiger partial charge in [0.15, 0.2) is 0 Å². The number of hydrogen-bond donors (Lipinski definition) is 1. The van der Waals surface area contributed by atoms with Crippen molar-refractivity contribution in [2.24, 2.45) is 23.2 Å². The molecule has 2 amide bonds. The Morgan fingerprint density at radius 1 is 1.09 bits per heavy atom. The van der Waals surface area contributed by atoms with E-state index in [4.69, 9.17) is 0 Å². The molecule has 2 saturated carbocycles. The van der Waals surface area contributed by atoms with Crippen molar-refractivity contribution in [3.63, 3.8) is 0 Å². The number of amides is 2. The number of carbonyl (C=O) groups excluding carboxylic acids is 2. The minimum Gasteiger partial charge on any atom is -0.353 e. The normalized spacial score (nSPS) is 28.5. The van der Waals surface area contributed by atoms with Gasteiger partial charge in [-0.3, -0.25) is 14.6 Å². The fraction of sp³-hybridized carbons (Fsp3) is 0.536. The zero-order valence-electron chi connectivity index (χ0n) is 19.8. The SMILES string of the molecule is CC(C)NC(=O)[C@]1(Cc2cccc(-c3ccncc3)c2)CCN(C(=O)C2[C@H]3CCCC[C@H]23)C1. The highest BCUT2D eigenvalue weighted by molar-refractivity contribution is 5.87. The van der Waals surface area contributed by atoms with Crippen molar-refractivity contribution in [1.82, 2.24) is 15.2 Å². The number of aromatic nitrogens is 1. The number of rotatable bonds is 6. The highest BCUT2D eigenvalue weighted by Crippen LogP contribution is 2.56. The predicted molar refractivity (Wildman–Crippen MR) is 129 cm³/mol. The summed E-state index contributed by atoms with van der Waals surface area (Å²) in [5.74, 6) is 1.80. The lowest BCUT2D eigenvalue weighted by atomic mass is 9.79. The molecule has 1 aliphatic heterocycles. The molecule has 0 radical (unpaired) electrons. The molecule has 1 saturated heterocycles. The first-order valence-electron chi connectivity index (χ1n) is 12.6. The van der Waals surface area contributed by atoms with E-state index in [0.717, 1.165) is 23.1 Å². The van der Waals surface area contributed by atoms with E-state index in [0.29, 0.717) is 37.3 Å². The molecule has 33 heavy (non-hydrogen) atoms. The number of nitrogens with one attached hydrogen (secondary N) is 1. The lowest BCUT2D eigenvalue weighted by Gasteiger charge is -2.30. The molecule has 5 nitrogen and oxygen atoms in total. The van der Waals surface area contributed by atoms with Crippen LogP contribution in [-0.4, -0.2) is 40.8 Å². The van der Waals surface area contributed by atoms with Crippen molar-refractivity contribution in [3.05, 3.63) is 54.4 Å². The Balaban J connectivity index is 1.37. The summed E-state index contributed by atoms with van der Waals surface area (Å²) < 4.78 is 0. The first kappa shape index (κ1) is 22.1. The third-order valence-corrected chi connectivity index (χ3v) is 7.99. The molecule has 5 rings (SSSR count). The quantitative estimate of drug-likeness (QED) is 0.714. The van der Waals surface area contributed by atoms with Crippen LogP contribution in [0.25, 0.3) is 11.1 Å². The number of likely N-dealkylation sites (tertiary alicyclic amines) is 1. The van der Waals surface area contributed by atoms with E-state index >= 15 is 0 Å². The summed E-state index contributed by atoms with van der Waals surface area (Å²) in [6.45, 7) is 5.22. The minimum absolute atomic E-state index is 0.0774. The predicted octanol–water partition coefficient (Wildman–Crippen LogP) is 4.47. The molecular formula is C28H35N3O2. The number of nitrogens with zero attached hydrogens (tertiary/aromatic N) is 2. The van der Waals surface area contributed by atoms with Gasteiger partial charge in [-0.2, -0.15) is 0 Å². The standard InChI is InChI=1S/C28H35N3O2/c1-19(2)30-27(33)28(17-20-6-5-7-22(16-20)21-10-13-29-14-11-21)12-15-31(18-28)26(32)25-23-8-3-4-9-24(23)25/h5-7,10-11,13-14,16,19,23-25H,3-4,8-9,12,15,17-18H2,1-2H3,(H,30,33)/t23-,24-,28-/m0/s1. The van der Waals surface area contributed by atoms with Crippen LogP contribution in [0, 0.1) is 23.2 Å². The summed E-state index contributed by atoms with van der Waals surface area (Å²) in [5.41, 5.74) is 2.81. The Kier molecular flexibility index (Phi) is 5.98. The Labute approximate surface area is 197 Å². The highest BCUT2D eigenvalue weighted by Gasteiger charge is 2.57. The van der Waals surface area contributed by atoms with E-state index in [9.17, 15) is 9.59 Å². The van der Waals surface area contributed by atoms with Gasteiger partial charge in [-0.15, -0.1) is 0 Å². The smallest absolute Gasteiger partial charge is 0.228 e. The number of pyridine rings is 1. The molecule has 1 N–H and O–H groups in total. The van der Waals surface area contributed by atoms with Crippen LogP contribution in [0.4, 0.5) is 0 Å². The van der Waals surface area contributed by atoms with E-state index in [-0.39, 0.29) is 17.9 Å². The van der Waals surface area contributed by atoms with Gasteiger partial charge in [0, 0.05) is 37.4 Å². The second kappa shape index (κ2) is 8.92. The highest BCUT2D eigenvalue weighted by atomic mass is 16.2. The molecule has 0 unspecified atom stereocenters. The van der Waals surface area contributed by atoms with Crippen LogP contribution in [0.1, 0.15) is 51.5 Å². The molecule has 3 atom stereocenters. The third kappa shape index (κ3) is 4.42. The van der Waals surface area contributed by atoms with Crippen molar-refractivity contribution < 1.29 is 9.59 Å². The van der Waals surface area contributed by atoms with E-state index in [1.807, 2.05) is 30.9 Å². The van der Waals surface area contributed by atoms with Gasteiger partial charge in [0.2, 0.25) is 11.8 Å². The molecular weight excluding hydrogens is 410 g/mol. The van der Waals surface area contributed by atoms with Gasteiger partial charge in [-0.25, -0.2) is 0 Å². The number of hydrogen-bond acceptors (Lipinski definition) is 3. The third-order valence-electron chi connectivity index (χ3n) is 7.99. The Hall–Kier alpha value is -2.69. The second-order valence-electron chi connectivity index (χ2n) is 10.7. The Morgan fingerprint density at radius 2 is 1.82 bits per heavy atom. The summed E-state index contributed by atoms with van der Waals surface area (Å²) in [6, 6.07) is 12.5. The van der Waals surface area contributed by atoms with Crippen molar-refractivity contribution in [3.8, 4) is 11.1 Å². The summed E-state index contributed by atoms with van der Waals surface area (Å²) in [5, 5.41) is 3.16. The fourth-order valence-corrected chi connectivity index (χ4v) is 6.25. The van der Waals surface area contributed by atoms with Crippen LogP contribution in [0.15, 0.2) is 48.8 Å². The maximum absolute atomic E-state index is 13.5. The number of benzene rings is 1. The first-order valence-corrected chi connectivity index (χ1v) is 12.6. The summed E-state index contributed by atoms with van der Waals surface area (Å²) >= 11 is 0. The summed E-state index contributed by atoms with van der Waals surface area (Å²) in [6.07, 6.45) is 9.90. The molecule has 3 fully saturated rings. The summed E-state index contributed by atoms with van der Waals surface area (Å²) in [7, 11) is 0. The van der Waals surface area contributed by atoms with Crippen LogP contribution < -0.4 is 5.32 Å². The van der Waals surface area contributed by atoms with Crippen molar-refractivity contribution in [2.45, 2.75) is 58.4 Å². The molecule has 3 aliphatic rings. The lowest BCUT2D eigenvalue weighted by Crippen LogP contribution is -2.47. The van der Waals surface area contributed by atoms with Crippen LogP contribution in [0.5, 0.6) is 0 Å². The molecule has 5 heteroatoms. The van der Waals surface area contributed by atoms with Gasteiger partial charge in [0.25, 0.3) is 0 Å². The van der Waals surface area contributed by atoms with E-state index in [1.54, 1.807) is 12.4 Å². The van der Waals surface area contributed by atoms with Crippen LogP contribution in [-0.2, 0) is 16.0 Å². The summed E-state index contributed by atoms with van der Waals surface area (Å²) in [4.78, 5) is 33.0. The van der Waals surface area contributed by atoms with Gasteiger partial charge in [0.05, 0.1) is 5.41 Å². The Morgan fingerprint density at radius 3 is 2.52 bits per heavy atom. The maximum Gasteiger partial charge on any atom is 0.228 e. The van der Waals surface area contributed by atoms with Crippen molar-refractivity contribution in [1.29, 1.82) is 0 Å². The molecule has 2 aromatic rings. The van der Waals surface area contributed by atoms with E-state index in [2.05, 4.69) is 34.6 Å². The van der Waals surface area contributed by atoms with E-state index in [1.165, 1.54) is 25.7 Å². The van der Waals surface area contributed by atoms with Crippen LogP contribution in [0.3, 0.4) is 0 Å². The lowest BCUT2D eigenvalue weighted by molar-refractivity contribution is -0.134. The molecule has 174 valence electrons. The molecule has 2 aliphatic carbocycles. The zero-order valence-corrected chi connectivity index (χ0v) is 19.8. The maximum atomic E-state index is 13.5. The topological polar surface area (TPSA) is 62.3 Å². The fourth-order valence-electron chi connectivity index (χ4n) is 6.25. The van der Waals surface area contributed by atoms with Gasteiger partial charge in [-0.1, -0.05) is 37.1 Å². The van der Waals surface area contributed by atoms with Crippen molar-refractivity contribution >= 4 is 11.8 Å². The van der Waals surface area contributed by atoms with Gasteiger partial charge >= 0.3 is 0 Å². The molecule has 1 aromatic heterocycles. The van der Waals surface area contributed by atoms with Crippen LogP contribution >= 0.6 is 0 Å². The van der Waals surface area contributed by atoms with E-state index < -0.39 is 5.41 Å². The van der Waals surface area contributed by atoms with Gasteiger partial charge in [-0.05, 0) is 80.2 Å². The molecule has 0 bridgehead atoms. The number of fused-ring (bicyclic) bond motifs is 1. The average molecular weight is 446 g/mol. The Bertz CT molecular complexity index is 1010. The first-order chi connectivity index (χ1) is 16.0. The molecule has 1 aromatic carbocycles. The van der Waals surface area contributed by atoms with Gasteiger partial charge < -0.3 is 10.2 Å². The molecule has 2 heterocycles. The second-order valence-corrected chi connectivity index (χ2v) is 10.7. The largest absolute Gasteiger partial charge is 0.353 e. The van der Waals surface area contributed by atoms with Crippen LogP contribution in [0.2, 0.25) is 0 Å². The average Bonchev–Trinajstić information content (AvgIpc) is 3.40. The van der Waals surface area contributed by atoms with Gasteiger partial charge in [0.1, 0.15) is 0 Å². The van der Waals surface area contributed by atoms with Crippen molar-refractivity contribution in [2.75, 3.05) is 13.1 Å². The molecule has 0 spiro atoms. The number of carbonyl (C=O) groups is 2. The zero-order chi connectivity index (χ0) is 23.0. The minimum atomic E-state index is -0.573.